The zero-order chi connectivity index (χ0) is 16.8. The van der Waals surface area contributed by atoms with Crippen molar-refractivity contribution in [2.24, 2.45) is 11.8 Å². The van der Waals surface area contributed by atoms with E-state index in [4.69, 9.17) is 0 Å². The van der Waals surface area contributed by atoms with Crippen molar-refractivity contribution in [1.82, 2.24) is 20.3 Å². The highest BCUT2D eigenvalue weighted by molar-refractivity contribution is 7.16. The molecule has 2 rings (SSSR count). The van der Waals surface area contributed by atoms with Crippen molar-refractivity contribution in [1.29, 1.82) is 0 Å². The zero-order valence-corrected chi connectivity index (χ0v) is 13.7. The Bertz CT molecular complexity index is 672. The first-order valence-corrected chi connectivity index (χ1v) is 8.03. The summed E-state index contributed by atoms with van der Waals surface area (Å²) in [4.78, 5) is 36.0. The number of thiazole rings is 1. The summed E-state index contributed by atoms with van der Waals surface area (Å²) >= 11 is 1.17. The Labute approximate surface area is 137 Å². The molecule has 1 unspecified atom stereocenters. The highest BCUT2D eigenvalue weighted by Gasteiger charge is 2.21. The molecule has 0 spiro atoms. The average molecular weight is 334 g/mol. The molecule has 0 radical (unpaired) electrons. The number of hydrogen-bond acceptors (Lipinski definition) is 6. The molecule has 7 nitrogen and oxygen atoms in total. The quantitative estimate of drug-likeness (QED) is 0.803. The molecule has 2 heterocycles. The van der Waals surface area contributed by atoms with Gasteiger partial charge in [-0.15, -0.1) is 11.3 Å². The van der Waals surface area contributed by atoms with Gasteiger partial charge in [-0.1, -0.05) is 13.8 Å². The van der Waals surface area contributed by atoms with Crippen LogP contribution in [0.5, 0.6) is 0 Å². The Kier molecular flexibility index (Phi) is 5.75. The summed E-state index contributed by atoms with van der Waals surface area (Å²) in [6.45, 7) is 4.00. The van der Waals surface area contributed by atoms with Gasteiger partial charge in [0.05, 0.1) is 12.1 Å². The molecule has 8 heteroatoms. The molecule has 0 bridgehead atoms. The smallest absolute Gasteiger partial charge is 0.308 e. The number of carbonyl (C=O) groups is 2. The van der Waals surface area contributed by atoms with Crippen molar-refractivity contribution in [3.05, 3.63) is 29.5 Å². The van der Waals surface area contributed by atoms with E-state index in [1.165, 1.54) is 17.5 Å². The first-order valence-electron chi connectivity index (χ1n) is 7.21. The number of nitrogens with one attached hydrogen (secondary N) is 1. The van der Waals surface area contributed by atoms with Crippen molar-refractivity contribution >= 4 is 23.2 Å². The largest absolute Gasteiger partial charge is 0.481 e. The maximum Gasteiger partial charge on any atom is 0.308 e. The van der Waals surface area contributed by atoms with Gasteiger partial charge in [0.1, 0.15) is 4.88 Å². The van der Waals surface area contributed by atoms with E-state index in [1.54, 1.807) is 18.5 Å². The molecule has 2 aromatic rings. The predicted octanol–water partition coefficient (Wildman–Crippen LogP) is 2.08. The lowest BCUT2D eigenvalue weighted by Gasteiger charge is -2.14. The van der Waals surface area contributed by atoms with Gasteiger partial charge in [-0.05, 0) is 18.4 Å². The minimum atomic E-state index is -0.901. The van der Waals surface area contributed by atoms with Crippen LogP contribution < -0.4 is 5.32 Å². The van der Waals surface area contributed by atoms with E-state index < -0.39 is 11.9 Å². The van der Waals surface area contributed by atoms with E-state index in [9.17, 15) is 14.7 Å². The van der Waals surface area contributed by atoms with Crippen LogP contribution in [0.25, 0.3) is 10.8 Å². The van der Waals surface area contributed by atoms with Gasteiger partial charge >= 0.3 is 5.97 Å². The van der Waals surface area contributed by atoms with Crippen molar-refractivity contribution in [2.75, 3.05) is 6.54 Å². The van der Waals surface area contributed by atoms with Crippen LogP contribution in [0.15, 0.2) is 24.7 Å². The van der Waals surface area contributed by atoms with Crippen LogP contribution in [0.1, 0.15) is 29.9 Å². The van der Waals surface area contributed by atoms with E-state index >= 15 is 0 Å². The van der Waals surface area contributed by atoms with Crippen LogP contribution in [0, 0.1) is 11.8 Å². The number of carbonyl (C=O) groups excluding carboxylic acids is 1. The highest BCUT2D eigenvalue weighted by atomic mass is 32.1. The van der Waals surface area contributed by atoms with Crippen molar-refractivity contribution in [3.63, 3.8) is 0 Å². The Hall–Kier alpha value is -2.35. The highest BCUT2D eigenvalue weighted by Crippen LogP contribution is 2.21. The summed E-state index contributed by atoms with van der Waals surface area (Å²) in [6, 6.07) is 1.70. The number of aliphatic carboxylic acids is 1. The Morgan fingerprint density at radius 3 is 2.57 bits per heavy atom. The maximum absolute atomic E-state index is 12.1. The summed E-state index contributed by atoms with van der Waals surface area (Å²) in [7, 11) is 0. The molecule has 0 saturated carbocycles. The summed E-state index contributed by atoms with van der Waals surface area (Å²) in [6.07, 6.45) is 5.17. The van der Waals surface area contributed by atoms with Crippen molar-refractivity contribution in [2.45, 2.75) is 20.3 Å². The summed E-state index contributed by atoms with van der Waals surface area (Å²) in [5, 5.41) is 12.4. The number of amides is 1. The Balaban J connectivity index is 1.98. The van der Waals surface area contributed by atoms with Crippen LogP contribution >= 0.6 is 11.3 Å². The molecule has 0 aliphatic carbocycles. The van der Waals surface area contributed by atoms with Gasteiger partial charge in [0.2, 0.25) is 0 Å². The van der Waals surface area contributed by atoms with Gasteiger partial charge in [0.15, 0.2) is 10.8 Å². The molecular weight excluding hydrogens is 316 g/mol. The number of nitrogens with zero attached hydrogens (tertiary/aromatic N) is 3. The Morgan fingerprint density at radius 1 is 1.26 bits per heavy atom. The van der Waals surface area contributed by atoms with Gasteiger partial charge in [-0.2, -0.15) is 0 Å². The molecule has 0 aliphatic rings. The van der Waals surface area contributed by atoms with Crippen LogP contribution in [0.2, 0.25) is 0 Å². The zero-order valence-electron chi connectivity index (χ0n) is 12.9. The fraction of sp³-hybridized carbons (Fsp3) is 0.400. The maximum atomic E-state index is 12.1. The minimum Gasteiger partial charge on any atom is -0.481 e. The molecule has 0 aromatic carbocycles. The van der Waals surface area contributed by atoms with E-state index in [1.807, 2.05) is 13.8 Å². The number of carboxylic acid groups (broad SMARTS) is 1. The average Bonchev–Trinajstić information content (AvgIpc) is 3.01. The predicted molar refractivity (Wildman–Crippen MR) is 86.1 cm³/mol. The molecule has 2 N–H and O–H groups in total. The lowest BCUT2D eigenvalue weighted by molar-refractivity contribution is -0.142. The first-order chi connectivity index (χ1) is 11.0. The normalized spacial score (nSPS) is 12.1. The molecule has 0 saturated heterocycles. The molecule has 0 aliphatic heterocycles. The van der Waals surface area contributed by atoms with Crippen LogP contribution in [0.4, 0.5) is 0 Å². The fourth-order valence-electron chi connectivity index (χ4n) is 2.04. The number of carboxylic acids is 1. The number of rotatable bonds is 7. The van der Waals surface area contributed by atoms with Gasteiger partial charge in [0.25, 0.3) is 5.91 Å². The topological polar surface area (TPSA) is 105 Å². The monoisotopic (exact) mass is 334 g/mol. The third-order valence-corrected chi connectivity index (χ3v) is 4.09. The van der Waals surface area contributed by atoms with E-state index in [0.29, 0.717) is 22.1 Å². The number of hydrogen-bond donors (Lipinski definition) is 2. The summed E-state index contributed by atoms with van der Waals surface area (Å²) < 4.78 is 0. The van der Waals surface area contributed by atoms with Gasteiger partial charge in [0, 0.05) is 18.9 Å². The van der Waals surface area contributed by atoms with Crippen LogP contribution in [-0.2, 0) is 4.79 Å². The molecule has 2 aromatic heterocycles. The second-order valence-electron chi connectivity index (χ2n) is 5.48. The summed E-state index contributed by atoms with van der Waals surface area (Å²) in [5.41, 5.74) is 0. The van der Waals surface area contributed by atoms with Crippen LogP contribution in [0.3, 0.4) is 0 Å². The lowest BCUT2D eigenvalue weighted by Crippen LogP contribution is -2.33. The van der Waals surface area contributed by atoms with Crippen molar-refractivity contribution < 1.29 is 14.7 Å². The second kappa shape index (κ2) is 7.77. The van der Waals surface area contributed by atoms with Crippen LogP contribution in [-0.4, -0.2) is 38.5 Å². The van der Waals surface area contributed by atoms with Gasteiger partial charge < -0.3 is 10.4 Å². The van der Waals surface area contributed by atoms with Gasteiger partial charge in [-0.25, -0.2) is 15.0 Å². The SMILES string of the molecule is CC(C)CC(CNC(=O)c1cnc(-c2ncccn2)s1)C(=O)O. The minimum absolute atomic E-state index is 0.0986. The summed E-state index contributed by atoms with van der Waals surface area (Å²) in [5.74, 6) is -1.12. The molecule has 1 atom stereocenters. The molecule has 122 valence electrons. The van der Waals surface area contributed by atoms with Crippen molar-refractivity contribution in [3.8, 4) is 10.8 Å². The molecule has 0 fully saturated rings. The first kappa shape index (κ1) is 17.0. The molecular formula is C15H18N4O3S. The number of aromatic nitrogens is 3. The lowest BCUT2D eigenvalue weighted by atomic mass is 9.97. The molecule has 23 heavy (non-hydrogen) atoms. The molecule has 1 amide bonds. The van der Waals surface area contributed by atoms with Gasteiger partial charge in [-0.3, -0.25) is 9.59 Å². The third-order valence-electron chi connectivity index (χ3n) is 3.10. The van der Waals surface area contributed by atoms with E-state index in [0.717, 1.165) is 0 Å². The van der Waals surface area contributed by atoms with E-state index in [-0.39, 0.29) is 18.4 Å². The second-order valence-corrected chi connectivity index (χ2v) is 6.51. The standard InChI is InChI=1S/C15H18N4O3S/c1-9(2)6-10(15(21)22)7-18-13(20)11-8-19-14(23-11)12-16-4-3-5-17-12/h3-5,8-10H,6-7H2,1-2H3,(H,18,20)(H,21,22). The third kappa shape index (κ3) is 4.82. The Morgan fingerprint density at radius 2 is 1.96 bits per heavy atom. The van der Waals surface area contributed by atoms with E-state index in [2.05, 4.69) is 20.3 Å². The fourth-order valence-corrected chi connectivity index (χ4v) is 2.82.